The Hall–Kier alpha value is -1.88. The molecule has 0 saturated carbocycles. The van der Waals surface area contributed by atoms with Crippen LogP contribution in [0.1, 0.15) is 38.2 Å². The minimum absolute atomic E-state index is 0.133. The molecule has 1 aromatic carbocycles. The molecule has 0 bridgehead atoms. The number of esters is 2. The van der Waals surface area contributed by atoms with Crippen molar-refractivity contribution in [2.24, 2.45) is 0 Å². The van der Waals surface area contributed by atoms with Gasteiger partial charge in [0.25, 0.3) is 0 Å². The Balaban J connectivity index is 2.02. The standard InChI is InChI=1S/C16H20O5/c1-2-14(17)21-16(10-6-7-11-20-16)15(18)19-12-13-8-4-3-5-9-13/h3-5,8-9H,2,6-7,10-12H2,1H3. The summed E-state index contributed by atoms with van der Waals surface area (Å²) in [6.45, 7) is 2.19. The van der Waals surface area contributed by atoms with Crippen molar-refractivity contribution in [1.82, 2.24) is 0 Å². The largest absolute Gasteiger partial charge is 0.456 e. The molecule has 1 heterocycles. The van der Waals surface area contributed by atoms with E-state index in [2.05, 4.69) is 0 Å². The molecule has 1 aliphatic heterocycles. The third-order valence-corrected chi connectivity index (χ3v) is 3.33. The van der Waals surface area contributed by atoms with Gasteiger partial charge in [-0.2, -0.15) is 0 Å². The average molecular weight is 292 g/mol. The number of ether oxygens (including phenoxy) is 3. The van der Waals surface area contributed by atoms with E-state index in [1.54, 1.807) is 6.92 Å². The summed E-state index contributed by atoms with van der Waals surface area (Å²) in [7, 11) is 0. The van der Waals surface area contributed by atoms with Crippen LogP contribution in [0.15, 0.2) is 30.3 Å². The van der Waals surface area contributed by atoms with Gasteiger partial charge in [0.15, 0.2) is 0 Å². The number of carbonyl (C=O) groups excluding carboxylic acids is 2. The van der Waals surface area contributed by atoms with E-state index in [-0.39, 0.29) is 13.0 Å². The summed E-state index contributed by atoms with van der Waals surface area (Å²) in [5.41, 5.74) is 0.874. The van der Waals surface area contributed by atoms with Gasteiger partial charge in [0.05, 0.1) is 6.61 Å². The predicted octanol–water partition coefficient (Wildman–Crippen LogP) is 2.58. The summed E-state index contributed by atoms with van der Waals surface area (Å²) in [4.78, 5) is 23.9. The van der Waals surface area contributed by atoms with Gasteiger partial charge >= 0.3 is 17.7 Å². The van der Waals surface area contributed by atoms with Crippen molar-refractivity contribution in [1.29, 1.82) is 0 Å². The van der Waals surface area contributed by atoms with Gasteiger partial charge in [0, 0.05) is 12.8 Å². The van der Waals surface area contributed by atoms with Crippen LogP contribution in [0.5, 0.6) is 0 Å². The van der Waals surface area contributed by atoms with Crippen molar-refractivity contribution >= 4 is 11.9 Å². The molecule has 114 valence electrons. The first-order valence-electron chi connectivity index (χ1n) is 7.23. The maximum Gasteiger partial charge on any atom is 0.380 e. The lowest BCUT2D eigenvalue weighted by Crippen LogP contribution is -2.49. The van der Waals surface area contributed by atoms with Gasteiger partial charge in [-0.25, -0.2) is 4.79 Å². The van der Waals surface area contributed by atoms with Crippen molar-refractivity contribution in [3.63, 3.8) is 0 Å². The third-order valence-electron chi connectivity index (χ3n) is 3.33. The Bertz CT molecular complexity index is 477. The molecule has 0 radical (unpaired) electrons. The molecule has 0 N–H and O–H groups in total. The molecule has 5 heteroatoms. The second-order valence-corrected chi connectivity index (χ2v) is 4.95. The van der Waals surface area contributed by atoms with Crippen LogP contribution in [0.2, 0.25) is 0 Å². The Morgan fingerprint density at radius 2 is 2.00 bits per heavy atom. The van der Waals surface area contributed by atoms with Gasteiger partial charge in [0.1, 0.15) is 6.61 Å². The number of hydrogen-bond donors (Lipinski definition) is 0. The molecule has 5 nitrogen and oxygen atoms in total. The molecule has 1 fully saturated rings. The van der Waals surface area contributed by atoms with E-state index in [9.17, 15) is 9.59 Å². The van der Waals surface area contributed by atoms with Gasteiger partial charge in [-0.15, -0.1) is 0 Å². The molecule has 0 aromatic heterocycles. The lowest BCUT2D eigenvalue weighted by atomic mass is 10.1. The molecule has 1 aromatic rings. The summed E-state index contributed by atoms with van der Waals surface area (Å²) >= 11 is 0. The van der Waals surface area contributed by atoms with E-state index in [4.69, 9.17) is 14.2 Å². The van der Waals surface area contributed by atoms with E-state index in [1.165, 1.54) is 0 Å². The van der Waals surface area contributed by atoms with Crippen molar-refractivity contribution in [2.75, 3.05) is 6.61 Å². The number of rotatable bonds is 5. The average Bonchev–Trinajstić information content (AvgIpc) is 2.54. The highest BCUT2D eigenvalue weighted by atomic mass is 16.7. The SMILES string of the molecule is CCC(=O)OC1(C(=O)OCc2ccccc2)CCCCO1. The van der Waals surface area contributed by atoms with E-state index in [0.717, 1.165) is 18.4 Å². The fourth-order valence-electron chi connectivity index (χ4n) is 2.14. The minimum Gasteiger partial charge on any atom is -0.456 e. The zero-order valence-electron chi connectivity index (χ0n) is 12.2. The van der Waals surface area contributed by atoms with E-state index < -0.39 is 17.7 Å². The molecule has 1 aliphatic rings. The third kappa shape index (κ3) is 4.04. The first-order chi connectivity index (χ1) is 10.2. The zero-order valence-corrected chi connectivity index (χ0v) is 12.2. The number of carbonyl (C=O) groups is 2. The van der Waals surface area contributed by atoms with Crippen LogP contribution in [0.3, 0.4) is 0 Å². The Labute approximate surface area is 124 Å². The molecule has 0 aliphatic carbocycles. The van der Waals surface area contributed by atoms with Crippen LogP contribution in [-0.2, 0) is 30.4 Å². The number of benzene rings is 1. The molecule has 2 rings (SSSR count). The summed E-state index contributed by atoms with van der Waals surface area (Å²) in [6, 6.07) is 9.35. The monoisotopic (exact) mass is 292 g/mol. The molecule has 1 unspecified atom stereocenters. The maximum absolute atomic E-state index is 12.3. The van der Waals surface area contributed by atoms with Crippen LogP contribution >= 0.6 is 0 Å². The minimum atomic E-state index is -1.57. The molecule has 1 saturated heterocycles. The summed E-state index contributed by atoms with van der Waals surface area (Å²) in [5.74, 6) is -2.67. The van der Waals surface area contributed by atoms with Gasteiger partial charge in [-0.3, -0.25) is 4.79 Å². The van der Waals surface area contributed by atoms with Gasteiger partial charge in [-0.1, -0.05) is 37.3 Å². The van der Waals surface area contributed by atoms with Gasteiger partial charge in [0.2, 0.25) is 0 Å². The van der Waals surface area contributed by atoms with Crippen LogP contribution in [-0.4, -0.2) is 24.3 Å². The van der Waals surface area contributed by atoms with E-state index in [1.807, 2.05) is 30.3 Å². The topological polar surface area (TPSA) is 61.8 Å². The molecular formula is C16H20O5. The highest BCUT2D eigenvalue weighted by molar-refractivity contribution is 5.82. The predicted molar refractivity (Wildman–Crippen MR) is 75.2 cm³/mol. The first kappa shape index (κ1) is 15.5. The Morgan fingerprint density at radius 3 is 2.62 bits per heavy atom. The zero-order chi connectivity index (χ0) is 15.1. The molecule has 21 heavy (non-hydrogen) atoms. The van der Waals surface area contributed by atoms with Crippen LogP contribution in [0, 0.1) is 0 Å². The summed E-state index contributed by atoms with van der Waals surface area (Å²) in [5, 5.41) is 0. The van der Waals surface area contributed by atoms with E-state index in [0.29, 0.717) is 13.0 Å². The second kappa shape index (κ2) is 7.22. The normalized spacial score (nSPS) is 21.6. The Kier molecular flexibility index (Phi) is 5.33. The summed E-state index contributed by atoms with van der Waals surface area (Å²) in [6.07, 6.45) is 2.14. The summed E-state index contributed by atoms with van der Waals surface area (Å²) < 4.78 is 16.0. The maximum atomic E-state index is 12.3. The van der Waals surface area contributed by atoms with Gasteiger partial charge in [-0.05, 0) is 18.4 Å². The lowest BCUT2D eigenvalue weighted by molar-refractivity contribution is -0.255. The second-order valence-electron chi connectivity index (χ2n) is 4.95. The molecule has 0 amide bonds. The van der Waals surface area contributed by atoms with E-state index >= 15 is 0 Å². The highest BCUT2D eigenvalue weighted by Crippen LogP contribution is 2.28. The first-order valence-corrected chi connectivity index (χ1v) is 7.23. The van der Waals surface area contributed by atoms with Crippen molar-refractivity contribution in [3.8, 4) is 0 Å². The number of hydrogen-bond acceptors (Lipinski definition) is 5. The van der Waals surface area contributed by atoms with Crippen molar-refractivity contribution < 1.29 is 23.8 Å². The van der Waals surface area contributed by atoms with Crippen LogP contribution in [0.4, 0.5) is 0 Å². The smallest absolute Gasteiger partial charge is 0.380 e. The van der Waals surface area contributed by atoms with Crippen LogP contribution in [0.25, 0.3) is 0 Å². The Morgan fingerprint density at radius 1 is 1.24 bits per heavy atom. The van der Waals surface area contributed by atoms with Crippen LogP contribution < -0.4 is 0 Å². The quantitative estimate of drug-likeness (QED) is 0.781. The van der Waals surface area contributed by atoms with Crippen molar-refractivity contribution in [3.05, 3.63) is 35.9 Å². The molecule has 0 spiro atoms. The molecular weight excluding hydrogens is 272 g/mol. The van der Waals surface area contributed by atoms with Crippen molar-refractivity contribution in [2.45, 2.75) is 45.0 Å². The van der Waals surface area contributed by atoms with Gasteiger partial charge < -0.3 is 14.2 Å². The highest BCUT2D eigenvalue weighted by Gasteiger charge is 2.46. The lowest BCUT2D eigenvalue weighted by Gasteiger charge is -2.33. The molecule has 1 atom stereocenters. The fourth-order valence-corrected chi connectivity index (χ4v) is 2.14. The fraction of sp³-hybridized carbons (Fsp3) is 0.500.